The van der Waals surface area contributed by atoms with Crippen molar-refractivity contribution in [2.24, 2.45) is 0 Å². The van der Waals surface area contributed by atoms with Gasteiger partial charge in [0.25, 0.3) is 5.91 Å². The zero-order valence-electron chi connectivity index (χ0n) is 8.73. The summed E-state index contributed by atoms with van der Waals surface area (Å²) in [6, 6.07) is 3.15. The summed E-state index contributed by atoms with van der Waals surface area (Å²) < 4.78 is 0. The normalized spacial score (nSPS) is 12.2. The van der Waals surface area contributed by atoms with Crippen LogP contribution in [0.4, 0.5) is 0 Å². The van der Waals surface area contributed by atoms with Gasteiger partial charge in [-0.2, -0.15) is 0 Å². The third-order valence-corrected chi connectivity index (χ3v) is 2.50. The highest BCUT2D eigenvalue weighted by Crippen LogP contribution is 2.12. The minimum atomic E-state index is -0.233. The topological polar surface area (TPSA) is 62.2 Å². The molecule has 0 saturated carbocycles. The number of aliphatic hydroxyl groups excluding tert-OH is 1. The number of aliphatic hydroxyl groups is 1. The summed E-state index contributed by atoms with van der Waals surface area (Å²) in [4.78, 5) is 15.7. The maximum Gasteiger partial charge on any atom is 0.251 e. The van der Waals surface area contributed by atoms with Crippen molar-refractivity contribution in [1.82, 2.24) is 10.3 Å². The fourth-order valence-electron chi connectivity index (χ4n) is 1.02. The molecule has 0 aliphatic rings. The number of hydrogen-bond donors (Lipinski definition) is 2. The first kappa shape index (κ1) is 12.0. The number of rotatable bonds is 4. The number of nitrogens with zero attached hydrogens (tertiary/aromatic N) is 1. The highest BCUT2D eigenvalue weighted by molar-refractivity contribution is 7.98. The Morgan fingerprint density at radius 1 is 1.73 bits per heavy atom. The smallest absolute Gasteiger partial charge is 0.251 e. The standard InChI is InChI=1S/C10H14N2O2S/c1-7(6-13)12-10(14)8-3-4-11-9(5-8)15-2/h3-5,7,13H,6H2,1-2H3,(H,12,14). The summed E-state index contributed by atoms with van der Waals surface area (Å²) in [6.07, 6.45) is 3.50. The van der Waals surface area contributed by atoms with Crippen molar-refractivity contribution in [1.29, 1.82) is 0 Å². The number of pyridine rings is 1. The van der Waals surface area contributed by atoms with Crippen LogP contribution in [0.3, 0.4) is 0 Å². The Labute approximate surface area is 93.1 Å². The van der Waals surface area contributed by atoms with Gasteiger partial charge in [0.1, 0.15) is 0 Å². The molecule has 1 unspecified atom stereocenters. The van der Waals surface area contributed by atoms with Crippen molar-refractivity contribution in [3.05, 3.63) is 23.9 Å². The summed E-state index contributed by atoms with van der Waals surface area (Å²) in [5.41, 5.74) is 0.564. The van der Waals surface area contributed by atoms with Gasteiger partial charge in [0.2, 0.25) is 0 Å². The van der Waals surface area contributed by atoms with Gasteiger partial charge in [0.05, 0.1) is 11.6 Å². The summed E-state index contributed by atoms with van der Waals surface area (Å²) in [6.45, 7) is 1.68. The van der Waals surface area contributed by atoms with Crippen LogP contribution in [0.25, 0.3) is 0 Å². The second-order valence-corrected chi connectivity index (χ2v) is 3.97. The van der Waals surface area contributed by atoms with Crippen molar-refractivity contribution in [2.45, 2.75) is 18.0 Å². The zero-order chi connectivity index (χ0) is 11.3. The van der Waals surface area contributed by atoms with Gasteiger partial charge >= 0.3 is 0 Å². The van der Waals surface area contributed by atoms with Gasteiger partial charge in [-0.1, -0.05) is 0 Å². The van der Waals surface area contributed by atoms with Gasteiger partial charge in [-0.3, -0.25) is 4.79 Å². The Balaban J connectivity index is 2.73. The van der Waals surface area contributed by atoms with E-state index in [-0.39, 0.29) is 18.6 Å². The average molecular weight is 226 g/mol. The summed E-state index contributed by atoms with van der Waals surface area (Å²) in [7, 11) is 0. The molecule has 15 heavy (non-hydrogen) atoms. The first-order chi connectivity index (χ1) is 7.17. The van der Waals surface area contributed by atoms with E-state index in [2.05, 4.69) is 10.3 Å². The molecule has 0 radical (unpaired) electrons. The first-order valence-electron chi connectivity index (χ1n) is 4.59. The van der Waals surface area contributed by atoms with Crippen LogP contribution >= 0.6 is 11.8 Å². The molecule has 1 aromatic heterocycles. The average Bonchev–Trinajstić information content (AvgIpc) is 2.28. The summed E-state index contributed by atoms with van der Waals surface area (Å²) in [5.74, 6) is -0.186. The molecule has 2 N–H and O–H groups in total. The second-order valence-electron chi connectivity index (χ2n) is 3.14. The lowest BCUT2D eigenvalue weighted by Crippen LogP contribution is -2.34. The first-order valence-corrected chi connectivity index (χ1v) is 5.81. The maximum absolute atomic E-state index is 11.6. The Morgan fingerprint density at radius 2 is 2.47 bits per heavy atom. The van der Waals surface area contributed by atoms with Crippen molar-refractivity contribution >= 4 is 17.7 Å². The molecule has 0 aromatic carbocycles. The fourth-order valence-corrected chi connectivity index (χ4v) is 1.43. The molecule has 0 aliphatic heterocycles. The number of hydrogen-bond acceptors (Lipinski definition) is 4. The van der Waals surface area contributed by atoms with Crippen LogP contribution in [-0.2, 0) is 0 Å². The second kappa shape index (κ2) is 5.72. The van der Waals surface area contributed by atoms with Crippen molar-refractivity contribution < 1.29 is 9.90 Å². The van der Waals surface area contributed by atoms with E-state index in [0.29, 0.717) is 5.56 Å². The van der Waals surface area contributed by atoms with Crippen LogP contribution < -0.4 is 5.32 Å². The van der Waals surface area contributed by atoms with Crippen molar-refractivity contribution in [3.8, 4) is 0 Å². The predicted octanol–water partition coefficient (Wildman–Crippen LogP) is 0.914. The molecule has 0 aliphatic carbocycles. The lowest BCUT2D eigenvalue weighted by Gasteiger charge is -2.10. The molecule has 82 valence electrons. The largest absolute Gasteiger partial charge is 0.394 e. The third-order valence-electron chi connectivity index (χ3n) is 1.86. The van der Waals surface area contributed by atoms with Gasteiger partial charge in [-0.15, -0.1) is 11.8 Å². The molecule has 0 bridgehead atoms. The fraction of sp³-hybridized carbons (Fsp3) is 0.400. The minimum Gasteiger partial charge on any atom is -0.394 e. The predicted molar refractivity (Wildman–Crippen MR) is 60.0 cm³/mol. The van der Waals surface area contributed by atoms with Crippen LogP contribution in [0, 0.1) is 0 Å². The van der Waals surface area contributed by atoms with Crippen LogP contribution in [0.15, 0.2) is 23.4 Å². The maximum atomic E-state index is 11.6. The molecule has 1 amide bonds. The van der Waals surface area contributed by atoms with E-state index in [0.717, 1.165) is 5.03 Å². The molecule has 1 rings (SSSR count). The van der Waals surface area contributed by atoms with Crippen LogP contribution in [0.5, 0.6) is 0 Å². The van der Waals surface area contributed by atoms with Crippen molar-refractivity contribution in [2.75, 3.05) is 12.9 Å². The van der Waals surface area contributed by atoms with E-state index in [9.17, 15) is 4.79 Å². The number of amides is 1. The molecule has 4 nitrogen and oxygen atoms in total. The molecule has 1 heterocycles. The van der Waals surface area contributed by atoms with E-state index in [4.69, 9.17) is 5.11 Å². The van der Waals surface area contributed by atoms with Crippen LogP contribution in [0.2, 0.25) is 0 Å². The van der Waals surface area contributed by atoms with Gasteiger partial charge in [0, 0.05) is 17.8 Å². The van der Waals surface area contributed by atoms with Crippen molar-refractivity contribution in [3.63, 3.8) is 0 Å². The van der Waals surface area contributed by atoms with Crippen LogP contribution in [0.1, 0.15) is 17.3 Å². The molecule has 0 fully saturated rings. The molecule has 0 spiro atoms. The van der Waals surface area contributed by atoms with E-state index >= 15 is 0 Å². The monoisotopic (exact) mass is 226 g/mol. The van der Waals surface area contributed by atoms with E-state index in [1.54, 1.807) is 25.3 Å². The molecule has 0 saturated heterocycles. The lowest BCUT2D eigenvalue weighted by molar-refractivity contribution is 0.0922. The number of aromatic nitrogens is 1. The summed E-state index contributed by atoms with van der Waals surface area (Å²) in [5, 5.41) is 12.3. The molecular weight excluding hydrogens is 212 g/mol. The van der Waals surface area contributed by atoms with Gasteiger partial charge in [-0.05, 0) is 25.3 Å². The summed E-state index contributed by atoms with van der Waals surface area (Å²) >= 11 is 1.48. The molecular formula is C10H14N2O2S. The third kappa shape index (κ3) is 3.53. The number of nitrogens with one attached hydrogen (secondary N) is 1. The minimum absolute atomic E-state index is 0.0633. The quantitative estimate of drug-likeness (QED) is 0.749. The zero-order valence-corrected chi connectivity index (χ0v) is 9.54. The number of carbonyl (C=O) groups is 1. The Bertz CT molecular complexity index is 344. The van der Waals surface area contributed by atoms with Gasteiger partial charge in [0.15, 0.2) is 0 Å². The molecule has 1 atom stereocenters. The molecule has 5 heteroatoms. The van der Waals surface area contributed by atoms with E-state index < -0.39 is 0 Å². The molecule has 1 aromatic rings. The lowest BCUT2D eigenvalue weighted by atomic mass is 10.2. The van der Waals surface area contributed by atoms with Crippen LogP contribution in [-0.4, -0.2) is 34.9 Å². The Kier molecular flexibility index (Phi) is 4.58. The SMILES string of the molecule is CSc1cc(C(=O)NC(C)CO)ccn1. The van der Waals surface area contributed by atoms with Gasteiger partial charge in [-0.25, -0.2) is 4.98 Å². The number of thioether (sulfide) groups is 1. The van der Waals surface area contributed by atoms with E-state index in [1.165, 1.54) is 11.8 Å². The highest BCUT2D eigenvalue weighted by Gasteiger charge is 2.09. The Hall–Kier alpha value is -1.07. The Morgan fingerprint density at radius 3 is 3.07 bits per heavy atom. The number of carbonyl (C=O) groups excluding carboxylic acids is 1. The van der Waals surface area contributed by atoms with E-state index in [1.807, 2.05) is 6.26 Å². The van der Waals surface area contributed by atoms with Gasteiger partial charge < -0.3 is 10.4 Å². The highest BCUT2D eigenvalue weighted by atomic mass is 32.2.